The highest BCUT2D eigenvalue weighted by atomic mass is 15.2. The standard InChI is InChI=1S/C64H48N6/c1-63(2)55-19-7-5-17-47(55)49-27-23-41(35-57(49)63)61-51-29-25-44(70(46-16-14-32-66-40-46)60-22-10-12-34-68-60)38-54(51)62(42-24-28-50-48-18-6-8-20-56(48)64(3,4)58(50)36-42)52-30-26-43(37-53(52)61)69(45-15-13-31-65-39-45)59-21-9-11-33-67-59/h5-40H,1-4H3. The summed E-state index contributed by atoms with van der Waals surface area (Å²) in [4.78, 5) is 23.4. The van der Waals surface area contributed by atoms with Crippen molar-refractivity contribution >= 4 is 55.9 Å². The fourth-order valence-electron chi connectivity index (χ4n) is 11.6. The zero-order valence-electron chi connectivity index (χ0n) is 39.5. The molecule has 4 heterocycles. The summed E-state index contributed by atoms with van der Waals surface area (Å²) >= 11 is 0. The molecule has 0 radical (unpaired) electrons. The number of benzene rings is 7. The van der Waals surface area contributed by atoms with Gasteiger partial charge in [0.2, 0.25) is 0 Å². The molecule has 0 aliphatic heterocycles. The predicted octanol–water partition coefficient (Wildman–Crippen LogP) is 16.5. The van der Waals surface area contributed by atoms with E-state index in [4.69, 9.17) is 9.97 Å². The van der Waals surface area contributed by atoms with E-state index in [-0.39, 0.29) is 10.8 Å². The number of hydrogen-bond acceptors (Lipinski definition) is 6. The predicted molar refractivity (Wildman–Crippen MR) is 288 cm³/mol. The molecule has 0 amide bonds. The summed E-state index contributed by atoms with van der Waals surface area (Å²) in [5, 5.41) is 4.58. The number of nitrogens with zero attached hydrogens (tertiary/aromatic N) is 6. The molecule has 6 heteroatoms. The van der Waals surface area contributed by atoms with Gasteiger partial charge < -0.3 is 0 Å². The van der Waals surface area contributed by atoms with Crippen LogP contribution in [0.4, 0.5) is 34.4 Å². The van der Waals surface area contributed by atoms with Crippen molar-refractivity contribution in [1.82, 2.24) is 19.9 Å². The van der Waals surface area contributed by atoms with Crippen molar-refractivity contribution in [3.63, 3.8) is 0 Å². The molecule has 0 spiro atoms. The minimum absolute atomic E-state index is 0.191. The summed E-state index contributed by atoms with van der Waals surface area (Å²) in [6.45, 7) is 9.45. The number of fused-ring (bicyclic) bond motifs is 8. The Morgan fingerprint density at radius 1 is 0.329 bits per heavy atom. The highest BCUT2D eigenvalue weighted by Gasteiger charge is 2.37. The van der Waals surface area contributed by atoms with Crippen LogP contribution in [0.25, 0.3) is 66.1 Å². The fraction of sp³-hybridized carbons (Fsp3) is 0.0938. The molecule has 2 aliphatic carbocycles. The number of aromatic nitrogens is 4. The van der Waals surface area contributed by atoms with Gasteiger partial charge in [-0.25, -0.2) is 9.97 Å². The largest absolute Gasteiger partial charge is 0.293 e. The van der Waals surface area contributed by atoms with Gasteiger partial charge in [0.25, 0.3) is 0 Å². The second kappa shape index (κ2) is 15.9. The summed E-state index contributed by atoms with van der Waals surface area (Å²) in [5.41, 5.74) is 18.7. The lowest BCUT2D eigenvalue weighted by Gasteiger charge is -2.27. The lowest BCUT2D eigenvalue weighted by Crippen LogP contribution is -2.15. The molecule has 0 saturated carbocycles. The molecule has 0 N–H and O–H groups in total. The smallest absolute Gasteiger partial charge is 0.137 e. The van der Waals surface area contributed by atoms with Crippen LogP contribution < -0.4 is 9.80 Å². The third-order valence-electron chi connectivity index (χ3n) is 14.9. The van der Waals surface area contributed by atoms with Crippen molar-refractivity contribution < 1.29 is 0 Å². The first-order valence-electron chi connectivity index (χ1n) is 24.0. The van der Waals surface area contributed by atoms with Crippen molar-refractivity contribution in [3.8, 4) is 44.5 Å². The second-order valence-electron chi connectivity index (χ2n) is 19.5. The number of hydrogen-bond donors (Lipinski definition) is 0. The number of rotatable bonds is 8. The molecule has 0 bridgehead atoms. The molecule has 70 heavy (non-hydrogen) atoms. The van der Waals surface area contributed by atoms with Crippen LogP contribution in [0, 0.1) is 0 Å². The van der Waals surface area contributed by atoms with E-state index in [9.17, 15) is 0 Å². The van der Waals surface area contributed by atoms with Crippen molar-refractivity contribution in [2.24, 2.45) is 0 Å². The summed E-state index contributed by atoms with van der Waals surface area (Å²) < 4.78 is 0. The van der Waals surface area contributed by atoms with Crippen LogP contribution in [0.3, 0.4) is 0 Å². The normalized spacial score (nSPS) is 13.7. The summed E-state index contributed by atoms with van der Waals surface area (Å²) in [7, 11) is 0. The maximum atomic E-state index is 4.91. The van der Waals surface area contributed by atoms with E-state index >= 15 is 0 Å². The van der Waals surface area contributed by atoms with E-state index in [1.807, 2.05) is 73.6 Å². The highest BCUT2D eigenvalue weighted by molar-refractivity contribution is 6.23. The van der Waals surface area contributed by atoms with Crippen molar-refractivity contribution in [3.05, 3.63) is 241 Å². The van der Waals surface area contributed by atoms with E-state index in [2.05, 4.69) is 193 Å². The van der Waals surface area contributed by atoms with Gasteiger partial charge in [0.05, 0.1) is 23.8 Å². The zero-order chi connectivity index (χ0) is 47.1. The van der Waals surface area contributed by atoms with E-state index in [1.54, 1.807) is 0 Å². The molecule has 13 rings (SSSR count). The minimum Gasteiger partial charge on any atom is -0.293 e. The Kier molecular flexibility index (Phi) is 9.43. The molecule has 0 atom stereocenters. The van der Waals surface area contributed by atoms with E-state index in [0.29, 0.717) is 0 Å². The first-order valence-corrected chi connectivity index (χ1v) is 24.0. The molecule has 0 fully saturated rings. The Morgan fingerprint density at radius 3 is 1.17 bits per heavy atom. The maximum Gasteiger partial charge on any atom is 0.137 e. The summed E-state index contributed by atoms with van der Waals surface area (Å²) in [6.07, 6.45) is 11.2. The molecule has 11 aromatic rings. The van der Waals surface area contributed by atoms with Crippen LogP contribution in [0.2, 0.25) is 0 Å². The van der Waals surface area contributed by atoms with E-state index < -0.39 is 0 Å². The molecule has 334 valence electrons. The first-order chi connectivity index (χ1) is 34.3. The minimum atomic E-state index is -0.191. The topological polar surface area (TPSA) is 58.0 Å². The fourth-order valence-corrected chi connectivity index (χ4v) is 11.6. The molecular formula is C64H48N6. The average molecular weight is 901 g/mol. The van der Waals surface area contributed by atoms with E-state index in [1.165, 1.54) is 55.6 Å². The lowest BCUT2D eigenvalue weighted by molar-refractivity contribution is 0.660. The number of pyridine rings is 4. The van der Waals surface area contributed by atoms with Gasteiger partial charge in [-0.2, -0.15) is 0 Å². The molecule has 0 saturated heterocycles. The zero-order valence-corrected chi connectivity index (χ0v) is 39.5. The highest BCUT2D eigenvalue weighted by Crippen LogP contribution is 2.54. The molecule has 2 aliphatic rings. The van der Waals surface area contributed by atoms with Gasteiger partial charge in [-0.1, -0.05) is 125 Å². The maximum absolute atomic E-state index is 4.91. The Morgan fingerprint density at radius 2 is 0.757 bits per heavy atom. The Hall–Kier alpha value is -8.74. The van der Waals surface area contributed by atoms with Gasteiger partial charge in [0.15, 0.2) is 0 Å². The van der Waals surface area contributed by atoms with Crippen molar-refractivity contribution in [2.45, 2.75) is 38.5 Å². The van der Waals surface area contributed by atoms with Crippen LogP contribution >= 0.6 is 0 Å². The van der Waals surface area contributed by atoms with Crippen LogP contribution in [0.15, 0.2) is 219 Å². The van der Waals surface area contributed by atoms with Gasteiger partial charge >= 0.3 is 0 Å². The third kappa shape index (κ3) is 6.40. The van der Waals surface area contributed by atoms with Crippen LogP contribution in [-0.2, 0) is 10.8 Å². The Labute approximate surface area is 408 Å². The van der Waals surface area contributed by atoms with Gasteiger partial charge in [0, 0.05) is 47.0 Å². The molecule has 0 unspecified atom stereocenters. The third-order valence-corrected chi connectivity index (χ3v) is 14.9. The van der Waals surface area contributed by atoms with Crippen molar-refractivity contribution in [2.75, 3.05) is 9.80 Å². The lowest BCUT2D eigenvalue weighted by atomic mass is 9.79. The van der Waals surface area contributed by atoms with Gasteiger partial charge in [0.1, 0.15) is 11.6 Å². The van der Waals surface area contributed by atoms with E-state index in [0.717, 1.165) is 67.1 Å². The Bertz CT molecular complexity index is 3500. The first kappa shape index (κ1) is 41.4. The monoisotopic (exact) mass is 900 g/mol. The van der Waals surface area contributed by atoms with Crippen LogP contribution in [0.5, 0.6) is 0 Å². The summed E-state index contributed by atoms with van der Waals surface area (Å²) in [6, 6.07) is 66.3. The van der Waals surface area contributed by atoms with Crippen LogP contribution in [0.1, 0.15) is 49.9 Å². The van der Waals surface area contributed by atoms with Crippen LogP contribution in [-0.4, -0.2) is 19.9 Å². The summed E-state index contributed by atoms with van der Waals surface area (Å²) in [5.74, 6) is 1.62. The molecule has 7 aromatic carbocycles. The molecular weight excluding hydrogens is 853 g/mol. The average Bonchev–Trinajstić information content (AvgIpc) is 3.78. The molecule has 4 aromatic heterocycles. The SMILES string of the molecule is CC1(C)c2ccccc2-c2ccc(-c3c4ccc(N(c5cccnc5)c5ccccn5)cc4c(-c4ccc5c(c4)C(C)(C)c4ccccc4-5)c4ccc(N(c5cccnc5)c5ccccn5)cc34)cc21. The second-order valence-corrected chi connectivity index (χ2v) is 19.5. The van der Waals surface area contributed by atoms with Crippen molar-refractivity contribution in [1.29, 1.82) is 0 Å². The van der Waals surface area contributed by atoms with Gasteiger partial charge in [-0.3, -0.25) is 19.8 Å². The number of anilines is 6. The van der Waals surface area contributed by atoms with Gasteiger partial charge in [-0.15, -0.1) is 0 Å². The quantitative estimate of drug-likeness (QED) is 0.142. The Balaban J connectivity index is 1.15. The molecule has 6 nitrogen and oxygen atoms in total. The van der Waals surface area contributed by atoms with Gasteiger partial charge in [-0.05, 0) is 173 Å².